The molecule has 18 heavy (non-hydrogen) atoms. The van der Waals surface area contributed by atoms with Crippen LogP contribution < -0.4 is 5.32 Å². The zero-order valence-electron chi connectivity index (χ0n) is 10.9. The lowest BCUT2D eigenvalue weighted by Gasteiger charge is -2.07. The second-order valence-electron chi connectivity index (χ2n) is 4.75. The van der Waals surface area contributed by atoms with Gasteiger partial charge in [-0.15, -0.1) is 0 Å². The van der Waals surface area contributed by atoms with Gasteiger partial charge in [-0.2, -0.15) is 5.10 Å². The maximum atomic E-state index is 4.31. The first kappa shape index (κ1) is 13.1. The third kappa shape index (κ3) is 3.13. The van der Waals surface area contributed by atoms with Crippen LogP contribution in [0.15, 0.2) is 35.1 Å². The Kier molecular flexibility index (Phi) is 4.07. The summed E-state index contributed by atoms with van der Waals surface area (Å²) in [6.45, 7) is 7.12. The molecule has 1 N–H and O–H groups in total. The number of nitrogens with one attached hydrogen (secondary N) is 1. The molecule has 0 unspecified atom stereocenters. The van der Waals surface area contributed by atoms with Gasteiger partial charge in [0, 0.05) is 23.3 Å². The molecular weight excluding hydrogens is 290 g/mol. The van der Waals surface area contributed by atoms with Gasteiger partial charge in [-0.3, -0.25) is 4.68 Å². The number of nitrogens with zero attached hydrogens (tertiary/aromatic N) is 2. The summed E-state index contributed by atoms with van der Waals surface area (Å²) in [6, 6.07) is 6.79. The minimum Gasteiger partial charge on any atom is -0.378 e. The Hall–Kier alpha value is -1.29. The molecule has 0 atom stereocenters. The molecule has 0 aliphatic carbocycles. The van der Waals surface area contributed by atoms with Crippen molar-refractivity contribution in [2.24, 2.45) is 0 Å². The molecule has 0 aliphatic rings. The summed E-state index contributed by atoms with van der Waals surface area (Å²) in [4.78, 5) is 0. The van der Waals surface area contributed by atoms with Crippen LogP contribution in [0.3, 0.4) is 0 Å². The molecule has 2 aromatic rings. The first-order valence-corrected chi connectivity index (χ1v) is 6.88. The van der Waals surface area contributed by atoms with Crippen LogP contribution in [0, 0.1) is 6.92 Å². The number of hydrogen-bond acceptors (Lipinski definition) is 2. The molecule has 0 saturated heterocycles. The number of rotatable bonds is 4. The molecule has 0 saturated carbocycles. The lowest BCUT2D eigenvalue weighted by molar-refractivity contribution is 0.532. The van der Waals surface area contributed by atoms with Crippen LogP contribution in [0.1, 0.15) is 31.0 Å². The van der Waals surface area contributed by atoms with Crippen LogP contribution in [0.2, 0.25) is 0 Å². The van der Waals surface area contributed by atoms with Gasteiger partial charge in [0.2, 0.25) is 0 Å². The van der Waals surface area contributed by atoms with Crippen LogP contribution >= 0.6 is 15.9 Å². The Balaban J connectivity index is 2.02. The number of anilines is 1. The van der Waals surface area contributed by atoms with E-state index < -0.39 is 0 Å². The summed E-state index contributed by atoms with van der Waals surface area (Å²) in [7, 11) is 0. The van der Waals surface area contributed by atoms with Crippen molar-refractivity contribution in [3.63, 3.8) is 0 Å². The minimum absolute atomic E-state index is 0.395. The number of aryl methyl sites for hydroxylation is 1. The molecule has 4 heteroatoms. The Morgan fingerprint density at radius 3 is 2.78 bits per heavy atom. The van der Waals surface area contributed by atoms with E-state index in [1.54, 1.807) is 0 Å². The van der Waals surface area contributed by atoms with E-state index in [0.717, 1.165) is 16.7 Å². The predicted molar refractivity (Wildman–Crippen MR) is 78.8 cm³/mol. The molecule has 0 radical (unpaired) electrons. The third-order valence-corrected chi connectivity index (χ3v) is 3.56. The highest BCUT2D eigenvalue weighted by Crippen LogP contribution is 2.20. The maximum Gasteiger partial charge on any atom is 0.0729 e. The molecule has 1 aromatic carbocycles. The van der Waals surface area contributed by atoms with E-state index >= 15 is 0 Å². The van der Waals surface area contributed by atoms with Crippen LogP contribution in [0.4, 0.5) is 5.69 Å². The van der Waals surface area contributed by atoms with Crippen molar-refractivity contribution < 1.29 is 0 Å². The van der Waals surface area contributed by atoms with Crippen molar-refractivity contribution in [2.45, 2.75) is 33.4 Å². The number of halogens is 1. The summed E-state index contributed by atoms with van der Waals surface area (Å²) < 4.78 is 3.10. The summed E-state index contributed by atoms with van der Waals surface area (Å²) in [5.74, 6) is 0. The van der Waals surface area contributed by atoms with Crippen molar-refractivity contribution in [2.75, 3.05) is 5.32 Å². The average molecular weight is 308 g/mol. The molecule has 0 bridgehead atoms. The minimum atomic E-state index is 0.395. The third-order valence-electron chi connectivity index (χ3n) is 2.82. The topological polar surface area (TPSA) is 29.9 Å². The second-order valence-corrected chi connectivity index (χ2v) is 5.61. The van der Waals surface area contributed by atoms with Gasteiger partial charge in [0.25, 0.3) is 0 Å². The summed E-state index contributed by atoms with van der Waals surface area (Å²) >= 11 is 3.59. The monoisotopic (exact) mass is 307 g/mol. The number of aromatic nitrogens is 2. The summed E-state index contributed by atoms with van der Waals surface area (Å²) in [5, 5.41) is 7.69. The lowest BCUT2D eigenvalue weighted by Crippen LogP contribution is -2.01. The van der Waals surface area contributed by atoms with Crippen LogP contribution in [0.25, 0.3) is 0 Å². The summed E-state index contributed by atoms with van der Waals surface area (Å²) in [5.41, 5.74) is 3.56. The van der Waals surface area contributed by atoms with Gasteiger partial charge in [-0.25, -0.2) is 0 Å². The predicted octanol–water partition coefficient (Wildman–Crippen LogP) is 4.15. The highest BCUT2D eigenvalue weighted by Gasteiger charge is 2.03. The first-order chi connectivity index (χ1) is 8.56. The normalized spacial score (nSPS) is 10.9. The quantitative estimate of drug-likeness (QED) is 0.919. The molecule has 0 amide bonds. The van der Waals surface area contributed by atoms with Crippen molar-refractivity contribution in [1.29, 1.82) is 0 Å². The lowest BCUT2D eigenvalue weighted by atomic mass is 10.1. The Bertz CT molecular complexity index is 532. The standard InChI is InChI=1S/C14H18BrN3/c1-10(2)18-9-13(8-17-18)16-7-12-5-4-11(3)6-14(12)15/h4-6,8-10,16H,7H2,1-3H3. The average Bonchev–Trinajstić information content (AvgIpc) is 2.76. The smallest absolute Gasteiger partial charge is 0.0729 e. The SMILES string of the molecule is Cc1ccc(CNc2cnn(C(C)C)c2)c(Br)c1. The molecule has 1 heterocycles. The van der Waals surface area contributed by atoms with Crippen molar-refractivity contribution >= 4 is 21.6 Å². The van der Waals surface area contributed by atoms with Gasteiger partial charge in [-0.1, -0.05) is 28.1 Å². The zero-order valence-corrected chi connectivity index (χ0v) is 12.5. The van der Waals surface area contributed by atoms with Crippen LogP contribution in [-0.4, -0.2) is 9.78 Å². The van der Waals surface area contributed by atoms with Gasteiger partial charge >= 0.3 is 0 Å². The van der Waals surface area contributed by atoms with Crippen molar-refractivity contribution in [3.05, 3.63) is 46.2 Å². The maximum absolute atomic E-state index is 4.31. The molecule has 96 valence electrons. The Labute approximate surface area is 116 Å². The molecular formula is C14H18BrN3. The summed E-state index contributed by atoms with van der Waals surface area (Å²) in [6.07, 6.45) is 3.90. The van der Waals surface area contributed by atoms with E-state index in [1.807, 2.05) is 17.1 Å². The second kappa shape index (κ2) is 5.57. The molecule has 0 fully saturated rings. The Morgan fingerprint density at radius 2 is 2.17 bits per heavy atom. The molecule has 0 aliphatic heterocycles. The van der Waals surface area contributed by atoms with Crippen molar-refractivity contribution in [1.82, 2.24) is 9.78 Å². The van der Waals surface area contributed by atoms with E-state index in [1.165, 1.54) is 11.1 Å². The zero-order chi connectivity index (χ0) is 13.1. The number of benzene rings is 1. The fourth-order valence-electron chi connectivity index (χ4n) is 1.70. The van der Waals surface area contributed by atoms with Gasteiger partial charge in [0.1, 0.15) is 0 Å². The van der Waals surface area contributed by atoms with E-state index in [2.05, 4.69) is 65.3 Å². The molecule has 1 aromatic heterocycles. The van der Waals surface area contributed by atoms with Gasteiger partial charge < -0.3 is 5.32 Å². The fraction of sp³-hybridized carbons (Fsp3) is 0.357. The van der Waals surface area contributed by atoms with E-state index in [-0.39, 0.29) is 0 Å². The number of hydrogen-bond donors (Lipinski definition) is 1. The highest BCUT2D eigenvalue weighted by atomic mass is 79.9. The van der Waals surface area contributed by atoms with E-state index in [9.17, 15) is 0 Å². The molecule has 3 nitrogen and oxygen atoms in total. The molecule has 2 rings (SSSR count). The van der Waals surface area contributed by atoms with Gasteiger partial charge in [0.05, 0.1) is 11.9 Å². The van der Waals surface area contributed by atoms with Crippen LogP contribution in [0.5, 0.6) is 0 Å². The highest BCUT2D eigenvalue weighted by molar-refractivity contribution is 9.10. The van der Waals surface area contributed by atoms with Crippen LogP contribution in [-0.2, 0) is 6.54 Å². The molecule has 0 spiro atoms. The Morgan fingerprint density at radius 1 is 1.39 bits per heavy atom. The fourth-order valence-corrected chi connectivity index (χ4v) is 2.34. The van der Waals surface area contributed by atoms with E-state index in [0.29, 0.717) is 6.04 Å². The first-order valence-electron chi connectivity index (χ1n) is 6.09. The van der Waals surface area contributed by atoms with Crippen molar-refractivity contribution in [3.8, 4) is 0 Å². The van der Waals surface area contributed by atoms with Gasteiger partial charge in [0.15, 0.2) is 0 Å². The van der Waals surface area contributed by atoms with E-state index in [4.69, 9.17) is 0 Å². The largest absolute Gasteiger partial charge is 0.378 e. The van der Waals surface area contributed by atoms with Gasteiger partial charge in [-0.05, 0) is 38.0 Å².